The van der Waals surface area contributed by atoms with Crippen LogP contribution in [0, 0.1) is 0 Å². The highest BCUT2D eigenvalue weighted by Gasteiger charge is 2.34. The highest BCUT2D eigenvalue weighted by molar-refractivity contribution is 4.92. The van der Waals surface area contributed by atoms with E-state index in [4.69, 9.17) is 9.47 Å². The lowest BCUT2D eigenvalue weighted by Crippen LogP contribution is -2.51. The minimum absolute atomic E-state index is 0.137. The van der Waals surface area contributed by atoms with Gasteiger partial charge < -0.3 is 19.9 Å². The van der Waals surface area contributed by atoms with Gasteiger partial charge in [-0.1, -0.05) is 0 Å². The minimum Gasteiger partial charge on any atom is -0.394 e. The van der Waals surface area contributed by atoms with E-state index in [0.717, 1.165) is 25.7 Å². The number of rotatable bonds is 7. The van der Waals surface area contributed by atoms with Crippen LogP contribution < -0.4 is 5.32 Å². The Balaban J connectivity index is 2.25. The van der Waals surface area contributed by atoms with Crippen molar-refractivity contribution in [1.82, 2.24) is 5.32 Å². The zero-order valence-electron chi connectivity index (χ0n) is 11.4. The summed E-state index contributed by atoms with van der Waals surface area (Å²) < 4.78 is 11.3. The Morgan fingerprint density at radius 2 is 2.18 bits per heavy atom. The molecule has 0 spiro atoms. The lowest BCUT2D eigenvalue weighted by Gasteiger charge is -2.39. The van der Waals surface area contributed by atoms with Gasteiger partial charge in [0.25, 0.3) is 0 Å². The molecular weight excluding hydrogens is 218 g/mol. The second-order valence-corrected chi connectivity index (χ2v) is 5.20. The summed E-state index contributed by atoms with van der Waals surface area (Å²) >= 11 is 0. The van der Waals surface area contributed by atoms with E-state index >= 15 is 0 Å². The van der Waals surface area contributed by atoms with Crippen molar-refractivity contribution in [2.24, 2.45) is 0 Å². The van der Waals surface area contributed by atoms with Crippen molar-refractivity contribution >= 4 is 0 Å². The van der Waals surface area contributed by atoms with Crippen molar-refractivity contribution < 1.29 is 14.6 Å². The molecule has 4 heteroatoms. The summed E-state index contributed by atoms with van der Waals surface area (Å²) in [5.74, 6) is 0. The average molecular weight is 245 g/mol. The fourth-order valence-electron chi connectivity index (χ4n) is 2.40. The predicted molar refractivity (Wildman–Crippen MR) is 68.2 cm³/mol. The quantitative estimate of drug-likeness (QED) is 0.664. The second kappa shape index (κ2) is 7.31. The Morgan fingerprint density at radius 1 is 1.41 bits per heavy atom. The van der Waals surface area contributed by atoms with Crippen LogP contribution in [0.4, 0.5) is 0 Å². The summed E-state index contributed by atoms with van der Waals surface area (Å²) in [5.41, 5.74) is -0.137. The number of ether oxygens (including phenoxy) is 2. The molecule has 1 fully saturated rings. The molecule has 0 bridgehead atoms. The molecule has 1 aliphatic carbocycles. The van der Waals surface area contributed by atoms with Gasteiger partial charge in [-0.25, -0.2) is 0 Å². The van der Waals surface area contributed by atoms with Gasteiger partial charge in [0, 0.05) is 5.54 Å². The highest BCUT2D eigenvalue weighted by atomic mass is 16.5. The lowest BCUT2D eigenvalue weighted by atomic mass is 9.81. The van der Waals surface area contributed by atoms with Crippen molar-refractivity contribution in [1.29, 1.82) is 0 Å². The first-order valence-electron chi connectivity index (χ1n) is 6.65. The van der Waals surface area contributed by atoms with Crippen molar-refractivity contribution in [3.8, 4) is 0 Å². The summed E-state index contributed by atoms with van der Waals surface area (Å²) in [4.78, 5) is 0. The van der Waals surface area contributed by atoms with Crippen LogP contribution in [0.15, 0.2) is 0 Å². The van der Waals surface area contributed by atoms with Gasteiger partial charge in [0.05, 0.1) is 32.0 Å². The summed E-state index contributed by atoms with van der Waals surface area (Å²) in [6.45, 7) is 5.54. The van der Waals surface area contributed by atoms with E-state index in [0.29, 0.717) is 13.2 Å². The highest BCUT2D eigenvalue weighted by Crippen LogP contribution is 2.29. The molecule has 0 aromatic heterocycles. The molecule has 2 unspecified atom stereocenters. The van der Waals surface area contributed by atoms with Gasteiger partial charge in [0.15, 0.2) is 0 Å². The van der Waals surface area contributed by atoms with Crippen LogP contribution in [0.3, 0.4) is 0 Å². The Morgan fingerprint density at radius 3 is 2.76 bits per heavy atom. The van der Waals surface area contributed by atoms with Gasteiger partial charge in [0.1, 0.15) is 0 Å². The average Bonchev–Trinajstić information content (AvgIpc) is 2.34. The molecule has 1 rings (SSSR count). The zero-order valence-corrected chi connectivity index (χ0v) is 11.4. The fourth-order valence-corrected chi connectivity index (χ4v) is 2.40. The van der Waals surface area contributed by atoms with E-state index in [1.807, 2.05) is 20.9 Å². The third-order valence-corrected chi connectivity index (χ3v) is 3.52. The molecule has 1 saturated carbocycles. The fraction of sp³-hybridized carbons (Fsp3) is 1.00. The molecule has 0 saturated heterocycles. The van der Waals surface area contributed by atoms with Gasteiger partial charge in [0.2, 0.25) is 0 Å². The Labute approximate surface area is 105 Å². The molecular formula is C13H27NO3. The van der Waals surface area contributed by atoms with Crippen molar-refractivity contribution in [2.75, 3.05) is 26.9 Å². The minimum atomic E-state index is -0.137. The standard InChI is InChI=1S/C13H27NO3/c1-11(2)16-7-8-17-12-5-4-6-13(9-12,10-15)14-3/h11-12,14-15H,4-10H2,1-3H3. The van der Waals surface area contributed by atoms with E-state index < -0.39 is 0 Å². The largest absolute Gasteiger partial charge is 0.394 e. The maximum atomic E-state index is 9.46. The zero-order chi connectivity index (χ0) is 12.7. The molecule has 102 valence electrons. The third-order valence-electron chi connectivity index (χ3n) is 3.52. The molecule has 2 N–H and O–H groups in total. The molecule has 0 radical (unpaired) electrons. The van der Waals surface area contributed by atoms with Gasteiger partial charge >= 0.3 is 0 Å². The van der Waals surface area contributed by atoms with Crippen molar-refractivity contribution in [2.45, 2.75) is 57.3 Å². The van der Waals surface area contributed by atoms with Crippen molar-refractivity contribution in [3.63, 3.8) is 0 Å². The van der Waals surface area contributed by atoms with Crippen molar-refractivity contribution in [3.05, 3.63) is 0 Å². The number of aliphatic hydroxyl groups excluding tert-OH is 1. The molecule has 0 aromatic rings. The Kier molecular flexibility index (Phi) is 6.41. The topological polar surface area (TPSA) is 50.7 Å². The normalized spacial score (nSPS) is 29.8. The van der Waals surface area contributed by atoms with Crippen LogP contribution >= 0.6 is 0 Å². The van der Waals surface area contributed by atoms with Crippen LogP contribution in [0.25, 0.3) is 0 Å². The molecule has 0 amide bonds. The van der Waals surface area contributed by atoms with Crippen LogP contribution in [0.1, 0.15) is 39.5 Å². The maximum Gasteiger partial charge on any atom is 0.0704 e. The number of hydrogen-bond acceptors (Lipinski definition) is 4. The summed E-state index contributed by atoms with van der Waals surface area (Å²) in [6, 6.07) is 0. The molecule has 0 heterocycles. The molecule has 1 aliphatic rings. The first-order chi connectivity index (χ1) is 8.12. The SMILES string of the molecule is CNC1(CO)CCCC(OCCOC(C)C)C1. The second-order valence-electron chi connectivity index (χ2n) is 5.20. The monoisotopic (exact) mass is 245 g/mol. The molecule has 0 aromatic carbocycles. The summed E-state index contributed by atoms with van der Waals surface area (Å²) in [6.07, 6.45) is 4.63. The van der Waals surface area contributed by atoms with E-state index in [1.54, 1.807) is 0 Å². The Hall–Kier alpha value is -0.160. The molecule has 0 aliphatic heterocycles. The summed E-state index contributed by atoms with van der Waals surface area (Å²) in [7, 11) is 1.92. The molecule has 2 atom stereocenters. The third kappa shape index (κ3) is 4.92. The van der Waals surface area contributed by atoms with Gasteiger partial charge in [-0.15, -0.1) is 0 Å². The smallest absolute Gasteiger partial charge is 0.0704 e. The molecule has 4 nitrogen and oxygen atoms in total. The van der Waals surface area contributed by atoms with E-state index in [9.17, 15) is 5.11 Å². The van der Waals surface area contributed by atoms with Crippen LogP contribution in [0.2, 0.25) is 0 Å². The van der Waals surface area contributed by atoms with Gasteiger partial charge in [-0.3, -0.25) is 0 Å². The lowest BCUT2D eigenvalue weighted by molar-refractivity contribution is -0.0450. The molecule has 17 heavy (non-hydrogen) atoms. The summed E-state index contributed by atoms with van der Waals surface area (Å²) in [5, 5.41) is 12.7. The van der Waals surface area contributed by atoms with E-state index in [-0.39, 0.29) is 24.4 Å². The predicted octanol–water partition coefficient (Wildman–Crippen LogP) is 1.32. The van der Waals surface area contributed by atoms with Crippen LogP contribution in [-0.2, 0) is 9.47 Å². The number of nitrogens with one attached hydrogen (secondary N) is 1. The number of hydrogen-bond donors (Lipinski definition) is 2. The van der Waals surface area contributed by atoms with Gasteiger partial charge in [-0.05, 0) is 46.6 Å². The Bertz CT molecular complexity index is 205. The first kappa shape index (κ1) is 14.9. The number of aliphatic hydroxyl groups is 1. The maximum absolute atomic E-state index is 9.46. The van der Waals surface area contributed by atoms with E-state index in [1.165, 1.54) is 0 Å². The number of likely N-dealkylation sites (N-methyl/N-ethyl adjacent to an activating group) is 1. The van der Waals surface area contributed by atoms with Gasteiger partial charge in [-0.2, -0.15) is 0 Å². The van der Waals surface area contributed by atoms with E-state index in [2.05, 4.69) is 5.32 Å². The van der Waals surface area contributed by atoms with Crippen LogP contribution in [0.5, 0.6) is 0 Å². The van der Waals surface area contributed by atoms with Crippen LogP contribution in [-0.4, -0.2) is 49.7 Å². The first-order valence-corrected chi connectivity index (χ1v) is 6.65.